The van der Waals surface area contributed by atoms with Crippen molar-refractivity contribution in [2.75, 3.05) is 19.6 Å². The van der Waals surface area contributed by atoms with E-state index in [1.54, 1.807) is 0 Å². The maximum atomic E-state index is 5.94. The summed E-state index contributed by atoms with van der Waals surface area (Å²) in [5.41, 5.74) is 6.52. The first kappa shape index (κ1) is 7.56. The van der Waals surface area contributed by atoms with Gasteiger partial charge in [-0.05, 0) is 24.3 Å². The largest absolute Gasteiger partial charge is 0.327 e. The first-order chi connectivity index (χ1) is 5.15. The molecule has 1 aliphatic carbocycles. The molecule has 0 spiro atoms. The van der Waals surface area contributed by atoms with Gasteiger partial charge in [-0.15, -0.1) is 0 Å². The number of nitrogens with two attached hydrogens (primary N) is 1. The number of nitrogens with zero attached hydrogens (tertiary/aromatic N) is 1. The van der Waals surface area contributed by atoms with Crippen LogP contribution in [0.5, 0.6) is 0 Å². The zero-order valence-corrected chi connectivity index (χ0v) is 7.51. The fourth-order valence-corrected chi connectivity index (χ4v) is 2.82. The molecule has 64 valence electrons. The highest BCUT2D eigenvalue weighted by Crippen LogP contribution is 2.50. The van der Waals surface area contributed by atoms with Crippen LogP contribution in [0.25, 0.3) is 0 Å². The Labute approximate surface area is 68.7 Å². The molecule has 0 aromatic heterocycles. The van der Waals surface area contributed by atoms with E-state index in [0.717, 1.165) is 5.92 Å². The molecule has 2 heteroatoms. The van der Waals surface area contributed by atoms with Gasteiger partial charge in [0.1, 0.15) is 0 Å². The summed E-state index contributed by atoms with van der Waals surface area (Å²) in [5.74, 6) is 0.794. The monoisotopic (exact) mass is 154 g/mol. The minimum atomic E-state index is 0.497. The van der Waals surface area contributed by atoms with Gasteiger partial charge in [-0.1, -0.05) is 13.8 Å². The summed E-state index contributed by atoms with van der Waals surface area (Å²) >= 11 is 0. The minimum absolute atomic E-state index is 0.497. The van der Waals surface area contributed by atoms with E-state index in [4.69, 9.17) is 5.73 Å². The third-order valence-electron chi connectivity index (χ3n) is 3.60. The normalized spacial score (nSPS) is 50.5. The molecule has 2 rings (SSSR count). The van der Waals surface area contributed by atoms with E-state index in [-0.39, 0.29) is 0 Å². The Morgan fingerprint density at radius 3 is 2.82 bits per heavy atom. The third kappa shape index (κ3) is 0.926. The first-order valence-corrected chi connectivity index (χ1v) is 4.63. The molecule has 0 aromatic rings. The van der Waals surface area contributed by atoms with Crippen LogP contribution in [0.4, 0.5) is 0 Å². The standard InChI is InChI=1S/C9H18N2/c1-3-11-5-7-8(10)4-9(7,2)6-11/h7-8H,3-6,10H2,1-2H3/t7?,8-,9?/m0/s1. The molecular formula is C9H18N2. The van der Waals surface area contributed by atoms with Gasteiger partial charge in [0.25, 0.3) is 0 Å². The summed E-state index contributed by atoms with van der Waals surface area (Å²) < 4.78 is 0. The summed E-state index contributed by atoms with van der Waals surface area (Å²) in [5, 5.41) is 0. The zero-order valence-electron chi connectivity index (χ0n) is 7.51. The molecule has 3 atom stereocenters. The summed E-state index contributed by atoms with van der Waals surface area (Å²) in [7, 11) is 0. The minimum Gasteiger partial charge on any atom is -0.327 e. The van der Waals surface area contributed by atoms with Crippen molar-refractivity contribution < 1.29 is 0 Å². The van der Waals surface area contributed by atoms with E-state index in [2.05, 4.69) is 18.7 Å². The molecule has 2 fully saturated rings. The van der Waals surface area contributed by atoms with Crippen molar-refractivity contribution in [3.05, 3.63) is 0 Å². The Morgan fingerprint density at radius 1 is 1.64 bits per heavy atom. The van der Waals surface area contributed by atoms with Gasteiger partial charge in [0.15, 0.2) is 0 Å². The van der Waals surface area contributed by atoms with E-state index in [0.29, 0.717) is 11.5 Å². The topological polar surface area (TPSA) is 29.3 Å². The Balaban J connectivity index is 2.04. The quantitative estimate of drug-likeness (QED) is 0.601. The SMILES string of the molecule is CCN1CC2[C@@H](N)CC2(C)C1. The molecule has 0 bridgehead atoms. The molecule has 1 saturated carbocycles. The second kappa shape index (κ2) is 2.20. The summed E-state index contributed by atoms with van der Waals surface area (Å²) in [4.78, 5) is 2.53. The lowest BCUT2D eigenvalue weighted by atomic mass is 9.60. The predicted molar refractivity (Wildman–Crippen MR) is 46.3 cm³/mol. The van der Waals surface area contributed by atoms with Gasteiger partial charge in [0, 0.05) is 19.1 Å². The highest BCUT2D eigenvalue weighted by molar-refractivity contribution is 5.07. The average molecular weight is 154 g/mol. The fraction of sp³-hybridized carbons (Fsp3) is 1.00. The molecule has 1 saturated heterocycles. The fourth-order valence-electron chi connectivity index (χ4n) is 2.82. The summed E-state index contributed by atoms with van der Waals surface area (Å²) in [6.07, 6.45) is 1.24. The van der Waals surface area contributed by atoms with Crippen molar-refractivity contribution in [3.8, 4) is 0 Å². The highest BCUT2D eigenvalue weighted by Gasteiger charge is 2.53. The van der Waals surface area contributed by atoms with E-state index >= 15 is 0 Å². The second-order valence-electron chi connectivity index (χ2n) is 4.46. The first-order valence-electron chi connectivity index (χ1n) is 4.63. The molecule has 0 aromatic carbocycles. The van der Waals surface area contributed by atoms with Gasteiger partial charge in [-0.2, -0.15) is 0 Å². The van der Waals surface area contributed by atoms with Crippen molar-refractivity contribution in [2.24, 2.45) is 17.1 Å². The molecular weight excluding hydrogens is 136 g/mol. The third-order valence-corrected chi connectivity index (χ3v) is 3.60. The molecule has 0 amide bonds. The Kier molecular flexibility index (Phi) is 1.52. The van der Waals surface area contributed by atoms with Crippen LogP contribution < -0.4 is 5.73 Å². The number of fused-ring (bicyclic) bond motifs is 1. The van der Waals surface area contributed by atoms with Gasteiger partial charge in [0.05, 0.1) is 0 Å². The maximum absolute atomic E-state index is 5.94. The van der Waals surface area contributed by atoms with Crippen molar-refractivity contribution in [1.29, 1.82) is 0 Å². The smallest absolute Gasteiger partial charge is 0.00908 e. The van der Waals surface area contributed by atoms with Gasteiger partial charge in [-0.3, -0.25) is 0 Å². The molecule has 2 nitrogen and oxygen atoms in total. The van der Waals surface area contributed by atoms with Crippen LogP contribution >= 0.6 is 0 Å². The summed E-state index contributed by atoms with van der Waals surface area (Å²) in [6, 6.07) is 0.497. The van der Waals surface area contributed by atoms with Crippen LogP contribution in [-0.4, -0.2) is 30.6 Å². The maximum Gasteiger partial charge on any atom is 0.00908 e. The van der Waals surface area contributed by atoms with Crippen LogP contribution in [0.1, 0.15) is 20.3 Å². The number of hydrogen-bond donors (Lipinski definition) is 1. The van der Waals surface area contributed by atoms with Gasteiger partial charge >= 0.3 is 0 Å². The lowest BCUT2D eigenvalue weighted by Gasteiger charge is -2.46. The van der Waals surface area contributed by atoms with E-state index in [1.165, 1.54) is 26.1 Å². The van der Waals surface area contributed by atoms with Crippen LogP contribution in [-0.2, 0) is 0 Å². The average Bonchev–Trinajstić information content (AvgIpc) is 2.22. The molecule has 1 aliphatic heterocycles. The lowest BCUT2D eigenvalue weighted by molar-refractivity contribution is 0.0759. The Morgan fingerprint density at radius 2 is 2.36 bits per heavy atom. The zero-order chi connectivity index (χ0) is 8.06. The molecule has 2 aliphatic rings. The van der Waals surface area contributed by atoms with Crippen LogP contribution in [0.3, 0.4) is 0 Å². The molecule has 2 N–H and O–H groups in total. The number of hydrogen-bond acceptors (Lipinski definition) is 2. The van der Waals surface area contributed by atoms with Crippen LogP contribution in [0, 0.1) is 11.3 Å². The van der Waals surface area contributed by atoms with E-state index < -0.39 is 0 Å². The molecule has 11 heavy (non-hydrogen) atoms. The van der Waals surface area contributed by atoms with Gasteiger partial charge < -0.3 is 10.6 Å². The van der Waals surface area contributed by atoms with Crippen molar-refractivity contribution in [1.82, 2.24) is 4.90 Å². The van der Waals surface area contributed by atoms with Crippen LogP contribution in [0.15, 0.2) is 0 Å². The predicted octanol–water partition coefficient (Wildman–Crippen LogP) is 0.675. The second-order valence-corrected chi connectivity index (χ2v) is 4.46. The molecule has 1 heterocycles. The van der Waals surface area contributed by atoms with Gasteiger partial charge in [0.2, 0.25) is 0 Å². The van der Waals surface area contributed by atoms with Crippen LogP contribution in [0.2, 0.25) is 0 Å². The Hall–Kier alpha value is -0.0800. The van der Waals surface area contributed by atoms with E-state index in [1.807, 2.05) is 0 Å². The summed E-state index contributed by atoms with van der Waals surface area (Å²) in [6.45, 7) is 8.34. The van der Waals surface area contributed by atoms with Crippen molar-refractivity contribution >= 4 is 0 Å². The lowest BCUT2D eigenvalue weighted by Crippen LogP contribution is -2.53. The Bertz CT molecular complexity index is 169. The number of likely N-dealkylation sites (tertiary alicyclic amines) is 1. The number of rotatable bonds is 1. The highest BCUT2D eigenvalue weighted by atomic mass is 15.2. The van der Waals surface area contributed by atoms with Crippen molar-refractivity contribution in [3.63, 3.8) is 0 Å². The molecule has 0 radical (unpaired) electrons. The van der Waals surface area contributed by atoms with Gasteiger partial charge in [-0.25, -0.2) is 0 Å². The van der Waals surface area contributed by atoms with Crippen molar-refractivity contribution in [2.45, 2.75) is 26.3 Å². The molecule has 2 unspecified atom stereocenters. The van der Waals surface area contributed by atoms with E-state index in [9.17, 15) is 0 Å².